The number of aryl methyl sites for hydroxylation is 1. The number of sulfone groups is 1. The summed E-state index contributed by atoms with van der Waals surface area (Å²) in [6, 6.07) is 6.72. The second kappa shape index (κ2) is 10.2. The van der Waals surface area contributed by atoms with Crippen molar-refractivity contribution in [3.05, 3.63) is 41.1 Å². The van der Waals surface area contributed by atoms with Crippen molar-refractivity contribution < 1.29 is 22.7 Å². The smallest absolute Gasteiger partial charge is 0.407 e. The predicted molar refractivity (Wildman–Crippen MR) is 120 cm³/mol. The van der Waals surface area contributed by atoms with Crippen molar-refractivity contribution in [3.8, 4) is 0 Å². The van der Waals surface area contributed by atoms with Crippen LogP contribution in [0.1, 0.15) is 55.3 Å². The molecule has 2 aromatic rings. The Morgan fingerprint density at radius 1 is 1.25 bits per heavy atom. The van der Waals surface area contributed by atoms with Gasteiger partial charge in [0.2, 0.25) is 5.91 Å². The lowest BCUT2D eigenvalue weighted by molar-refractivity contribution is -0.115. The van der Waals surface area contributed by atoms with E-state index in [1.54, 1.807) is 18.2 Å². The third kappa shape index (κ3) is 6.32. The minimum Gasteiger partial charge on any atom is -0.446 e. The van der Waals surface area contributed by atoms with Crippen LogP contribution in [0.15, 0.2) is 29.2 Å². The fourth-order valence-electron chi connectivity index (χ4n) is 3.93. The molecular formula is C22H30N4O5S. The van der Waals surface area contributed by atoms with Crippen LogP contribution in [-0.2, 0) is 25.8 Å². The van der Waals surface area contributed by atoms with Gasteiger partial charge in [0.25, 0.3) is 0 Å². The zero-order chi connectivity index (χ0) is 23.3. The Kier molecular flexibility index (Phi) is 7.55. The Labute approximate surface area is 188 Å². The largest absolute Gasteiger partial charge is 0.446 e. The molecule has 0 aliphatic heterocycles. The fraction of sp³-hybridized carbons (Fsp3) is 0.500. The molecule has 2 amide bonds. The van der Waals surface area contributed by atoms with E-state index in [-0.39, 0.29) is 35.3 Å². The van der Waals surface area contributed by atoms with Crippen LogP contribution < -0.4 is 10.6 Å². The van der Waals surface area contributed by atoms with Crippen molar-refractivity contribution in [1.82, 2.24) is 15.5 Å². The number of carbonyl (C=O) groups is 2. The first-order chi connectivity index (χ1) is 15.2. The van der Waals surface area contributed by atoms with Gasteiger partial charge in [-0.25, -0.2) is 13.2 Å². The van der Waals surface area contributed by atoms with Crippen LogP contribution in [0.2, 0.25) is 0 Å². The number of rotatable bonds is 8. The molecule has 3 rings (SSSR count). The standard InChI is InChI=1S/C22H30N4O5S/c1-4-9-23-22(28)31-17-7-6-15(11-17)18-13-20(26-25-18)24-21(27)12-16-10-14(2)5-8-19(16)32(3,29)30/h5,8,10,13,15,17H,4,6-7,9,11-12H2,1-3H3,(H,23,28)(H2,24,25,26,27). The van der Waals surface area contributed by atoms with Crippen molar-refractivity contribution in [1.29, 1.82) is 0 Å². The zero-order valence-corrected chi connectivity index (χ0v) is 19.4. The van der Waals surface area contributed by atoms with Crippen LogP contribution in [0.25, 0.3) is 0 Å². The lowest BCUT2D eigenvalue weighted by atomic mass is 10.0. The van der Waals surface area contributed by atoms with E-state index in [4.69, 9.17) is 4.74 Å². The first-order valence-electron chi connectivity index (χ1n) is 10.7. The molecule has 1 aliphatic carbocycles. The van der Waals surface area contributed by atoms with Crippen molar-refractivity contribution in [3.63, 3.8) is 0 Å². The molecule has 3 N–H and O–H groups in total. The second-order valence-electron chi connectivity index (χ2n) is 8.28. The molecule has 174 valence electrons. The van der Waals surface area contributed by atoms with Crippen molar-refractivity contribution in [2.24, 2.45) is 0 Å². The van der Waals surface area contributed by atoms with Crippen LogP contribution in [0.5, 0.6) is 0 Å². The van der Waals surface area contributed by atoms with Crippen LogP contribution in [-0.4, -0.2) is 49.5 Å². The molecule has 32 heavy (non-hydrogen) atoms. The van der Waals surface area contributed by atoms with Crippen LogP contribution >= 0.6 is 0 Å². The number of aromatic nitrogens is 2. The average Bonchev–Trinajstić information content (AvgIpc) is 3.34. The monoisotopic (exact) mass is 462 g/mol. The van der Waals surface area contributed by atoms with E-state index in [1.807, 2.05) is 13.8 Å². The highest BCUT2D eigenvalue weighted by atomic mass is 32.2. The highest BCUT2D eigenvalue weighted by Crippen LogP contribution is 2.35. The van der Waals surface area contributed by atoms with Crippen LogP contribution in [0, 0.1) is 6.92 Å². The Hall–Kier alpha value is -2.88. The van der Waals surface area contributed by atoms with Crippen molar-refractivity contribution >= 4 is 27.7 Å². The van der Waals surface area contributed by atoms with E-state index < -0.39 is 9.84 Å². The molecule has 0 saturated heterocycles. The van der Waals surface area contributed by atoms with Gasteiger partial charge in [-0.2, -0.15) is 5.10 Å². The van der Waals surface area contributed by atoms with Gasteiger partial charge in [0.1, 0.15) is 6.10 Å². The number of benzene rings is 1. The third-order valence-electron chi connectivity index (χ3n) is 5.45. The summed E-state index contributed by atoms with van der Waals surface area (Å²) in [4.78, 5) is 24.4. The lowest BCUT2D eigenvalue weighted by Gasteiger charge is -2.12. The number of amides is 2. The second-order valence-corrected chi connectivity index (χ2v) is 10.3. The molecule has 10 heteroatoms. The molecule has 0 radical (unpaired) electrons. The average molecular weight is 463 g/mol. The van der Waals surface area contributed by atoms with Gasteiger partial charge < -0.3 is 15.4 Å². The highest BCUT2D eigenvalue weighted by Gasteiger charge is 2.30. The normalized spacial score (nSPS) is 18.3. The number of H-pyrrole nitrogens is 1. The first-order valence-corrected chi connectivity index (χ1v) is 12.6. The molecule has 2 atom stereocenters. The number of alkyl carbamates (subject to hydrolysis) is 1. The molecule has 1 saturated carbocycles. The van der Waals surface area contributed by atoms with E-state index in [9.17, 15) is 18.0 Å². The minimum atomic E-state index is -3.44. The molecule has 1 aliphatic rings. The van der Waals surface area contributed by atoms with Gasteiger partial charge in [0.15, 0.2) is 15.7 Å². The van der Waals surface area contributed by atoms with E-state index in [1.165, 1.54) is 6.07 Å². The van der Waals surface area contributed by atoms with Crippen molar-refractivity contribution in [2.45, 2.75) is 62.9 Å². The Morgan fingerprint density at radius 3 is 2.75 bits per heavy atom. The van der Waals surface area contributed by atoms with Gasteiger partial charge in [-0.05, 0) is 44.2 Å². The molecule has 1 heterocycles. The number of hydrogen-bond acceptors (Lipinski definition) is 6. The number of carbonyl (C=O) groups excluding carboxylic acids is 2. The number of nitrogens with one attached hydrogen (secondary N) is 3. The van der Waals surface area contributed by atoms with Gasteiger partial charge in [-0.3, -0.25) is 9.89 Å². The molecule has 1 fully saturated rings. The summed E-state index contributed by atoms with van der Waals surface area (Å²) in [5.41, 5.74) is 2.20. The number of ether oxygens (including phenoxy) is 1. The van der Waals surface area contributed by atoms with Gasteiger partial charge in [0, 0.05) is 30.5 Å². The molecule has 0 spiro atoms. The number of nitrogens with zero attached hydrogens (tertiary/aromatic N) is 1. The summed E-state index contributed by atoms with van der Waals surface area (Å²) in [5.74, 6) is 0.188. The summed E-state index contributed by atoms with van der Waals surface area (Å²) in [7, 11) is -3.44. The molecule has 1 aromatic carbocycles. The van der Waals surface area contributed by atoms with Gasteiger partial charge in [-0.15, -0.1) is 0 Å². The zero-order valence-electron chi connectivity index (χ0n) is 18.6. The molecule has 0 bridgehead atoms. The Bertz CT molecular complexity index is 1080. The van der Waals surface area contributed by atoms with E-state index in [2.05, 4.69) is 20.8 Å². The lowest BCUT2D eigenvalue weighted by Crippen LogP contribution is -2.28. The van der Waals surface area contributed by atoms with E-state index in [0.717, 1.165) is 36.8 Å². The SMILES string of the molecule is CCCNC(=O)OC1CCC(c2cc(NC(=O)Cc3cc(C)ccc3S(C)(=O)=O)n[nH]2)C1. The minimum absolute atomic E-state index is 0.0709. The maximum atomic E-state index is 12.5. The first kappa shape index (κ1) is 23.8. The number of hydrogen-bond donors (Lipinski definition) is 3. The number of aromatic amines is 1. The van der Waals surface area contributed by atoms with E-state index in [0.29, 0.717) is 24.3 Å². The molecular weight excluding hydrogens is 432 g/mol. The molecule has 9 nitrogen and oxygen atoms in total. The van der Waals surface area contributed by atoms with Crippen molar-refractivity contribution in [2.75, 3.05) is 18.1 Å². The summed E-state index contributed by atoms with van der Waals surface area (Å²) in [6.07, 6.45) is 3.69. The van der Waals surface area contributed by atoms with Crippen LogP contribution in [0.4, 0.5) is 10.6 Å². The molecule has 2 unspecified atom stereocenters. The third-order valence-corrected chi connectivity index (χ3v) is 6.65. The Balaban J connectivity index is 1.58. The van der Waals surface area contributed by atoms with Crippen LogP contribution in [0.3, 0.4) is 0 Å². The fourth-order valence-corrected chi connectivity index (χ4v) is 4.85. The summed E-state index contributed by atoms with van der Waals surface area (Å²) >= 11 is 0. The highest BCUT2D eigenvalue weighted by molar-refractivity contribution is 7.90. The number of anilines is 1. The van der Waals surface area contributed by atoms with Gasteiger partial charge in [0.05, 0.1) is 11.3 Å². The maximum Gasteiger partial charge on any atom is 0.407 e. The summed E-state index contributed by atoms with van der Waals surface area (Å²) < 4.78 is 29.5. The predicted octanol–water partition coefficient (Wildman–Crippen LogP) is 3.08. The maximum absolute atomic E-state index is 12.5. The molecule has 1 aromatic heterocycles. The van der Waals surface area contributed by atoms with Gasteiger partial charge >= 0.3 is 6.09 Å². The Morgan fingerprint density at radius 2 is 2.03 bits per heavy atom. The summed E-state index contributed by atoms with van der Waals surface area (Å²) in [6.45, 7) is 4.41. The van der Waals surface area contributed by atoms with Gasteiger partial charge in [-0.1, -0.05) is 24.6 Å². The topological polar surface area (TPSA) is 130 Å². The quantitative estimate of drug-likeness (QED) is 0.553. The summed E-state index contributed by atoms with van der Waals surface area (Å²) in [5, 5.41) is 12.6. The van der Waals surface area contributed by atoms with E-state index >= 15 is 0 Å².